The monoisotopic (exact) mass is 255 g/mol. The second kappa shape index (κ2) is 6.64. The van der Waals surface area contributed by atoms with Crippen LogP contribution in [0.25, 0.3) is 0 Å². The van der Waals surface area contributed by atoms with Gasteiger partial charge in [0.2, 0.25) is 0 Å². The normalized spacial score (nSPS) is 11.4. The first-order valence-corrected chi connectivity index (χ1v) is 7.86. The quantitative estimate of drug-likeness (QED) is 0.814. The Hall–Kier alpha value is -1.03. The maximum Gasteiger partial charge on any atom is 0.152 e. The third-order valence-corrected chi connectivity index (χ3v) is 4.34. The van der Waals surface area contributed by atoms with Crippen LogP contribution in [0.1, 0.15) is 25.3 Å². The summed E-state index contributed by atoms with van der Waals surface area (Å²) in [6.07, 6.45) is 1.68. The second-order valence-corrected chi connectivity index (χ2v) is 6.60. The first-order chi connectivity index (χ1) is 8.03. The summed E-state index contributed by atoms with van der Waals surface area (Å²) < 4.78 is 23.2. The third kappa shape index (κ3) is 5.73. The van der Waals surface area contributed by atoms with Crippen LogP contribution in [0.2, 0.25) is 0 Å². The molecule has 0 fully saturated rings. The fourth-order valence-electron chi connectivity index (χ4n) is 1.49. The van der Waals surface area contributed by atoms with Crippen molar-refractivity contribution in [3.63, 3.8) is 0 Å². The fourth-order valence-corrected chi connectivity index (χ4v) is 2.83. The van der Waals surface area contributed by atoms with Crippen LogP contribution in [0.4, 0.5) is 5.69 Å². The van der Waals surface area contributed by atoms with Crippen LogP contribution >= 0.6 is 0 Å². The maximum atomic E-state index is 11.6. The van der Waals surface area contributed by atoms with Crippen molar-refractivity contribution in [1.82, 2.24) is 0 Å². The van der Waals surface area contributed by atoms with Gasteiger partial charge in [0.25, 0.3) is 0 Å². The highest BCUT2D eigenvalue weighted by atomic mass is 32.2. The average molecular weight is 255 g/mol. The van der Waals surface area contributed by atoms with Crippen LogP contribution in [-0.2, 0) is 9.84 Å². The highest BCUT2D eigenvalue weighted by Gasteiger charge is 2.08. The molecule has 0 saturated heterocycles. The lowest BCUT2D eigenvalue weighted by Crippen LogP contribution is -2.18. The molecule has 0 atom stereocenters. The third-order valence-electron chi connectivity index (χ3n) is 2.60. The second-order valence-electron chi connectivity index (χ2n) is 4.30. The van der Waals surface area contributed by atoms with Gasteiger partial charge >= 0.3 is 0 Å². The van der Waals surface area contributed by atoms with Gasteiger partial charge in [-0.15, -0.1) is 0 Å². The van der Waals surface area contributed by atoms with E-state index < -0.39 is 9.84 Å². The van der Waals surface area contributed by atoms with Gasteiger partial charge in [-0.25, -0.2) is 8.42 Å². The molecule has 0 aliphatic carbocycles. The number of hydrogen-bond acceptors (Lipinski definition) is 3. The van der Waals surface area contributed by atoms with Crippen LogP contribution < -0.4 is 5.32 Å². The molecule has 0 bridgehead atoms. The van der Waals surface area contributed by atoms with E-state index in [0.717, 1.165) is 18.5 Å². The van der Waals surface area contributed by atoms with Gasteiger partial charge in [-0.3, -0.25) is 0 Å². The minimum Gasteiger partial charge on any atom is -0.384 e. The van der Waals surface area contributed by atoms with E-state index in [4.69, 9.17) is 0 Å². The predicted octanol–water partition coefficient (Wildman–Crippen LogP) is 2.62. The standard InChI is InChI=1S/C13H21NO2S/c1-3-4-10-17(15,16)11-9-14-13-7-5-12(2)6-8-13/h5-8,14H,3-4,9-11H2,1-2H3. The van der Waals surface area contributed by atoms with E-state index in [1.165, 1.54) is 5.56 Å². The van der Waals surface area contributed by atoms with E-state index >= 15 is 0 Å². The molecular formula is C13H21NO2S. The van der Waals surface area contributed by atoms with Crippen LogP contribution in [0.15, 0.2) is 24.3 Å². The maximum absolute atomic E-state index is 11.6. The Morgan fingerprint density at radius 3 is 2.35 bits per heavy atom. The van der Waals surface area contributed by atoms with E-state index in [0.29, 0.717) is 12.3 Å². The van der Waals surface area contributed by atoms with Crippen LogP contribution in [-0.4, -0.2) is 26.5 Å². The highest BCUT2D eigenvalue weighted by molar-refractivity contribution is 7.91. The van der Waals surface area contributed by atoms with Gasteiger partial charge in [-0.1, -0.05) is 31.0 Å². The van der Waals surface area contributed by atoms with Crippen molar-refractivity contribution in [3.8, 4) is 0 Å². The zero-order valence-corrected chi connectivity index (χ0v) is 11.4. The summed E-state index contributed by atoms with van der Waals surface area (Å²) in [5.74, 6) is 0.514. The molecule has 0 aliphatic rings. The topological polar surface area (TPSA) is 46.2 Å². The lowest BCUT2D eigenvalue weighted by molar-refractivity contribution is 0.593. The highest BCUT2D eigenvalue weighted by Crippen LogP contribution is 2.08. The smallest absolute Gasteiger partial charge is 0.152 e. The van der Waals surface area contributed by atoms with Crippen molar-refractivity contribution in [2.24, 2.45) is 0 Å². The van der Waals surface area contributed by atoms with E-state index in [-0.39, 0.29) is 5.75 Å². The van der Waals surface area contributed by atoms with Gasteiger partial charge in [0, 0.05) is 12.2 Å². The van der Waals surface area contributed by atoms with Crippen molar-refractivity contribution in [2.75, 3.05) is 23.4 Å². The summed E-state index contributed by atoms with van der Waals surface area (Å²) in [5.41, 5.74) is 2.17. The zero-order valence-electron chi connectivity index (χ0n) is 10.6. The Morgan fingerprint density at radius 2 is 1.76 bits per heavy atom. The van der Waals surface area contributed by atoms with E-state index in [2.05, 4.69) is 5.32 Å². The Morgan fingerprint density at radius 1 is 1.12 bits per heavy atom. The Labute approximate surface area is 104 Å². The predicted molar refractivity (Wildman–Crippen MR) is 73.2 cm³/mol. The number of anilines is 1. The first kappa shape index (κ1) is 14.0. The number of unbranched alkanes of at least 4 members (excludes halogenated alkanes) is 1. The molecule has 4 heteroatoms. The molecule has 1 aromatic rings. The van der Waals surface area contributed by atoms with Crippen molar-refractivity contribution in [1.29, 1.82) is 0 Å². The molecule has 3 nitrogen and oxygen atoms in total. The molecule has 1 N–H and O–H groups in total. The molecule has 1 rings (SSSR count). The SMILES string of the molecule is CCCCS(=O)(=O)CCNc1ccc(C)cc1. The molecule has 0 heterocycles. The van der Waals surface area contributed by atoms with Crippen LogP contribution in [0, 0.1) is 6.92 Å². The summed E-state index contributed by atoms with van der Waals surface area (Å²) in [7, 11) is -2.88. The van der Waals surface area contributed by atoms with Crippen molar-refractivity contribution >= 4 is 15.5 Å². The van der Waals surface area contributed by atoms with Gasteiger partial charge in [-0.05, 0) is 25.5 Å². The Kier molecular flexibility index (Phi) is 5.48. The number of hydrogen-bond donors (Lipinski definition) is 1. The van der Waals surface area contributed by atoms with E-state index in [1.54, 1.807) is 0 Å². The molecule has 17 heavy (non-hydrogen) atoms. The number of benzene rings is 1. The van der Waals surface area contributed by atoms with E-state index in [9.17, 15) is 8.42 Å². The van der Waals surface area contributed by atoms with Gasteiger partial charge in [0.15, 0.2) is 9.84 Å². The van der Waals surface area contributed by atoms with E-state index in [1.807, 2.05) is 38.1 Å². The molecule has 0 radical (unpaired) electrons. The summed E-state index contributed by atoms with van der Waals surface area (Å²) >= 11 is 0. The molecule has 0 spiro atoms. The molecule has 96 valence electrons. The molecule has 0 aromatic heterocycles. The van der Waals surface area contributed by atoms with Crippen molar-refractivity contribution in [3.05, 3.63) is 29.8 Å². The lowest BCUT2D eigenvalue weighted by Gasteiger charge is -2.07. The number of sulfone groups is 1. The summed E-state index contributed by atoms with van der Waals surface area (Å²) in [6.45, 7) is 4.51. The van der Waals surface area contributed by atoms with Crippen molar-refractivity contribution < 1.29 is 8.42 Å². The molecular weight excluding hydrogens is 234 g/mol. The number of rotatable bonds is 7. The minimum absolute atomic E-state index is 0.209. The van der Waals surface area contributed by atoms with Crippen molar-refractivity contribution in [2.45, 2.75) is 26.7 Å². The summed E-state index contributed by atoms with van der Waals surface area (Å²) in [6, 6.07) is 7.95. The van der Waals surface area contributed by atoms with Crippen LogP contribution in [0.3, 0.4) is 0 Å². The molecule has 1 aromatic carbocycles. The number of aryl methyl sites for hydroxylation is 1. The summed E-state index contributed by atoms with van der Waals surface area (Å²) in [4.78, 5) is 0. The lowest BCUT2D eigenvalue weighted by atomic mass is 10.2. The fraction of sp³-hybridized carbons (Fsp3) is 0.538. The molecule has 0 aliphatic heterocycles. The minimum atomic E-state index is -2.88. The number of nitrogens with one attached hydrogen (secondary N) is 1. The van der Waals surface area contributed by atoms with Gasteiger partial charge < -0.3 is 5.32 Å². The first-order valence-electron chi connectivity index (χ1n) is 6.04. The van der Waals surface area contributed by atoms with Gasteiger partial charge in [-0.2, -0.15) is 0 Å². The molecule has 0 amide bonds. The average Bonchev–Trinajstić information content (AvgIpc) is 2.29. The Balaban J connectivity index is 2.34. The molecule has 0 saturated carbocycles. The largest absolute Gasteiger partial charge is 0.384 e. The Bertz CT molecular complexity index is 423. The van der Waals surface area contributed by atoms with Gasteiger partial charge in [0.1, 0.15) is 0 Å². The summed E-state index contributed by atoms with van der Waals surface area (Å²) in [5, 5.41) is 3.13. The zero-order chi connectivity index (χ0) is 12.7. The van der Waals surface area contributed by atoms with Crippen LogP contribution in [0.5, 0.6) is 0 Å². The molecule has 0 unspecified atom stereocenters. The van der Waals surface area contributed by atoms with Gasteiger partial charge in [0.05, 0.1) is 11.5 Å².